The van der Waals surface area contributed by atoms with Crippen LogP contribution in [0.25, 0.3) is 0 Å². The van der Waals surface area contributed by atoms with Crippen LogP contribution in [0.2, 0.25) is 0 Å². The van der Waals surface area contributed by atoms with E-state index in [4.69, 9.17) is 16.3 Å². The number of halogens is 1. The number of nitrogens with zero attached hydrogens (tertiary/aromatic N) is 1. The van der Waals surface area contributed by atoms with Gasteiger partial charge in [0.2, 0.25) is 0 Å². The van der Waals surface area contributed by atoms with Crippen molar-refractivity contribution < 1.29 is 14.3 Å². The quantitative estimate of drug-likeness (QED) is 0.718. The summed E-state index contributed by atoms with van der Waals surface area (Å²) in [5.74, 6) is 0.898. The van der Waals surface area contributed by atoms with Gasteiger partial charge in [-0.05, 0) is 20.8 Å². The van der Waals surface area contributed by atoms with Crippen molar-refractivity contribution in [3.05, 3.63) is 0 Å². The number of ether oxygens (including phenoxy) is 1. The normalized spacial score (nSPS) is 21.0. The molecule has 0 bridgehead atoms. The lowest BCUT2D eigenvalue weighted by Crippen LogP contribution is -2.44. The van der Waals surface area contributed by atoms with E-state index in [0.717, 1.165) is 0 Å². The molecule has 4 nitrogen and oxygen atoms in total. The Balaban J connectivity index is 2.65. The van der Waals surface area contributed by atoms with Gasteiger partial charge in [0.25, 0.3) is 0 Å². The monoisotopic (exact) mass is 265 g/mol. The zero-order chi connectivity index (χ0) is 12.3. The highest BCUT2D eigenvalue weighted by Gasteiger charge is 2.36. The molecule has 0 unspecified atom stereocenters. The molecule has 0 aliphatic carbocycles. The molecular weight excluding hydrogens is 250 g/mol. The average Bonchev–Trinajstić information content (AvgIpc) is 2.62. The number of amides is 1. The van der Waals surface area contributed by atoms with Gasteiger partial charge in [0.15, 0.2) is 5.78 Å². The Morgan fingerprint density at radius 2 is 2.12 bits per heavy atom. The zero-order valence-electron chi connectivity index (χ0n) is 9.66. The number of thioether (sulfide) groups is 1. The predicted octanol–water partition coefficient (Wildman–Crippen LogP) is 2.10. The first-order chi connectivity index (χ1) is 7.35. The molecule has 1 fully saturated rings. The predicted molar refractivity (Wildman–Crippen MR) is 64.9 cm³/mol. The number of rotatable bonds is 2. The standard InChI is InChI=1S/C10H16ClNO3S/c1-10(2,3)15-9(14)12-6-16-5-7(12)8(13)4-11/h7H,4-6H2,1-3H3/t7-/m1/s1. The van der Waals surface area contributed by atoms with Crippen molar-refractivity contribution in [3.8, 4) is 0 Å². The lowest BCUT2D eigenvalue weighted by Gasteiger charge is -2.27. The summed E-state index contributed by atoms with van der Waals surface area (Å²) in [7, 11) is 0. The first kappa shape index (κ1) is 13.6. The molecule has 1 aliphatic heterocycles. The van der Waals surface area contributed by atoms with Gasteiger partial charge < -0.3 is 4.74 Å². The molecular formula is C10H16ClNO3S. The van der Waals surface area contributed by atoms with Crippen molar-refractivity contribution in [2.24, 2.45) is 0 Å². The Morgan fingerprint density at radius 3 is 2.62 bits per heavy atom. The Bertz CT molecular complexity index is 290. The molecule has 0 spiro atoms. The molecule has 0 saturated carbocycles. The zero-order valence-corrected chi connectivity index (χ0v) is 11.2. The maximum absolute atomic E-state index is 11.8. The van der Waals surface area contributed by atoms with Gasteiger partial charge in [0.1, 0.15) is 11.6 Å². The van der Waals surface area contributed by atoms with E-state index in [-0.39, 0.29) is 11.7 Å². The summed E-state index contributed by atoms with van der Waals surface area (Å²) >= 11 is 7.03. The minimum atomic E-state index is -0.543. The van der Waals surface area contributed by atoms with Crippen LogP contribution in [0.15, 0.2) is 0 Å². The minimum Gasteiger partial charge on any atom is -0.444 e. The molecule has 92 valence electrons. The SMILES string of the molecule is CC(C)(C)OC(=O)N1CSC[C@@H]1C(=O)CCl. The van der Waals surface area contributed by atoms with Crippen LogP contribution in [0.4, 0.5) is 4.79 Å². The first-order valence-corrected chi connectivity index (χ1v) is 6.70. The van der Waals surface area contributed by atoms with E-state index >= 15 is 0 Å². The third-order valence-corrected chi connectivity index (χ3v) is 3.29. The number of ketones is 1. The lowest BCUT2D eigenvalue weighted by molar-refractivity contribution is -0.120. The van der Waals surface area contributed by atoms with Crippen LogP contribution in [0.1, 0.15) is 20.8 Å². The van der Waals surface area contributed by atoms with E-state index in [1.165, 1.54) is 16.7 Å². The van der Waals surface area contributed by atoms with Crippen LogP contribution in [0.3, 0.4) is 0 Å². The Morgan fingerprint density at radius 1 is 1.50 bits per heavy atom. The number of hydrogen-bond acceptors (Lipinski definition) is 4. The summed E-state index contributed by atoms with van der Waals surface area (Å²) in [6, 6.07) is -0.433. The smallest absolute Gasteiger partial charge is 0.411 e. The molecule has 1 saturated heterocycles. The highest BCUT2D eigenvalue weighted by molar-refractivity contribution is 7.99. The van der Waals surface area contributed by atoms with Gasteiger partial charge in [-0.15, -0.1) is 23.4 Å². The Kier molecular flexibility index (Phi) is 4.50. The van der Waals surface area contributed by atoms with E-state index in [0.29, 0.717) is 11.6 Å². The van der Waals surface area contributed by atoms with Gasteiger partial charge in [0.05, 0.1) is 11.8 Å². The van der Waals surface area contributed by atoms with Crippen LogP contribution >= 0.6 is 23.4 Å². The van der Waals surface area contributed by atoms with Gasteiger partial charge in [-0.25, -0.2) is 4.79 Å². The molecule has 0 aromatic carbocycles. The van der Waals surface area contributed by atoms with Crippen molar-refractivity contribution in [1.29, 1.82) is 0 Å². The lowest BCUT2D eigenvalue weighted by atomic mass is 10.2. The molecule has 0 aromatic heterocycles. The summed E-state index contributed by atoms with van der Waals surface area (Å²) in [5, 5.41) is 0. The summed E-state index contributed by atoms with van der Waals surface area (Å²) in [5.41, 5.74) is -0.543. The third kappa shape index (κ3) is 3.56. The molecule has 1 amide bonds. The fourth-order valence-electron chi connectivity index (χ4n) is 1.30. The van der Waals surface area contributed by atoms with Gasteiger partial charge >= 0.3 is 6.09 Å². The largest absolute Gasteiger partial charge is 0.444 e. The summed E-state index contributed by atoms with van der Waals surface area (Å²) in [4.78, 5) is 24.7. The molecule has 0 aromatic rings. The van der Waals surface area contributed by atoms with Gasteiger partial charge in [-0.3, -0.25) is 9.69 Å². The number of carbonyl (C=O) groups excluding carboxylic acids is 2. The second kappa shape index (κ2) is 5.27. The highest BCUT2D eigenvalue weighted by atomic mass is 35.5. The molecule has 6 heteroatoms. The average molecular weight is 266 g/mol. The third-order valence-electron chi connectivity index (χ3n) is 2.01. The Labute approximate surface area is 105 Å². The number of alkyl halides is 1. The molecule has 16 heavy (non-hydrogen) atoms. The Hall–Kier alpha value is -0.420. The first-order valence-electron chi connectivity index (χ1n) is 5.01. The van der Waals surface area contributed by atoms with Gasteiger partial charge in [0, 0.05) is 5.75 Å². The number of carbonyl (C=O) groups is 2. The van der Waals surface area contributed by atoms with E-state index in [9.17, 15) is 9.59 Å². The fraction of sp³-hybridized carbons (Fsp3) is 0.800. The second-order valence-corrected chi connectivity index (χ2v) is 5.83. The molecule has 0 N–H and O–H groups in total. The van der Waals surface area contributed by atoms with Crippen LogP contribution in [-0.2, 0) is 9.53 Å². The summed E-state index contributed by atoms with van der Waals surface area (Å²) in [6.45, 7) is 5.39. The van der Waals surface area contributed by atoms with Crippen molar-refractivity contribution >= 4 is 35.2 Å². The minimum absolute atomic E-state index is 0.0650. The van der Waals surface area contributed by atoms with Gasteiger partial charge in [-0.1, -0.05) is 0 Å². The molecule has 1 rings (SSSR count). The maximum atomic E-state index is 11.8. The van der Waals surface area contributed by atoms with Crippen LogP contribution in [0.5, 0.6) is 0 Å². The highest BCUT2D eigenvalue weighted by Crippen LogP contribution is 2.24. The number of hydrogen-bond donors (Lipinski definition) is 0. The summed E-state index contributed by atoms with van der Waals surface area (Å²) < 4.78 is 5.22. The van der Waals surface area contributed by atoms with Crippen LogP contribution in [0, 0.1) is 0 Å². The van der Waals surface area contributed by atoms with E-state index in [1.54, 1.807) is 20.8 Å². The van der Waals surface area contributed by atoms with E-state index in [1.807, 2.05) is 0 Å². The van der Waals surface area contributed by atoms with E-state index in [2.05, 4.69) is 0 Å². The maximum Gasteiger partial charge on any atom is 0.411 e. The molecule has 0 radical (unpaired) electrons. The van der Waals surface area contributed by atoms with Crippen molar-refractivity contribution in [2.45, 2.75) is 32.4 Å². The van der Waals surface area contributed by atoms with E-state index < -0.39 is 17.7 Å². The second-order valence-electron chi connectivity index (χ2n) is 4.57. The summed E-state index contributed by atoms with van der Waals surface area (Å²) in [6.07, 6.45) is -0.444. The van der Waals surface area contributed by atoms with Crippen molar-refractivity contribution in [1.82, 2.24) is 4.90 Å². The fourth-order valence-corrected chi connectivity index (χ4v) is 2.65. The van der Waals surface area contributed by atoms with Crippen LogP contribution < -0.4 is 0 Å². The van der Waals surface area contributed by atoms with Crippen molar-refractivity contribution in [3.63, 3.8) is 0 Å². The molecule has 1 heterocycles. The molecule has 1 aliphatic rings. The van der Waals surface area contributed by atoms with Crippen molar-refractivity contribution in [2.75, 3.05) is 17.5 Å². The topological polar surface area (TPSA) is 46.6 Å². The molecule has 1 atom stereocenters. The van der Waals surface area contributed by atoms with Crippen LogP contribution in [-0.4, -0.2) is 45.9 Å². The number of Topliss-reactive ketones (excluding diaryl/α,β-unsaturated/α-hetero) is 1. The van der Waals surface area contributed by atoms with Gasteiger partial charge in [-0.2, -0.15) is 0 Å².